The number of halogens is 1. The number of hydrogen-bond donors (Lipinski definition) is 1. The van der Waals surface area contributed by atoms with Gasteiger partial charge in [-0.3, -0.25) is 4.79 Å². The first-order chi connectivity index (χ1) is 15.1. The summed E-state index contributed by atoms with van der Waals surface area (Å²) in [6.07, 6.45) is 1.57. The number of methoxy groups -OCH3 is 1. The zero-order valence-electron chi connectivity index (χ0n) is 17.3. The Balaban J connectivity index is 1.59. The maximum atomic E-state index is 12.4. The van der Waals surface area contributed by atoms with E-state index in [-0.39, 0.29) is 5.91 Å². The second-order valence-corrected chi connectivity index (χ2v) is 7.40. The van der Waals surface area contributed by atoms with Crippen molar-refractivity contribution in [2.45, 2.75) is 13.5 Å². The largest absolute Gasteiger partial charge is 0.493 e. The lowest BCUT2D eigenvalue weighted by Gasteiger charge is -2.10. The zero-order chi connectivity index (χ0) is 22.1. The lowest BCUT2D eigenvalue weighted by Crippen LogP contribution is -2.17. The van der Waals surface area contributed by atoms with E-state index in [4.69, 9.17) is 14.2 Å². The normalized spacial score (nSPS) is 10.7. The smallest absolute Gasteiger partial charge is 0.271 e. The summed E-state index contributed by atoms with van der Waals surface area (Å²) in [4.78, 5) is 12.4. The average molecular weight is 483 g/mol. The molecule has 0 aliphatic rings. The third kappa shape index (κ3) is 6.58. The molecule has 0 atom stereocenters. The fourth-order valence-corrected chi connectivity index (χ4v) is 3.01. The molecule has 0 bridgehead atoms. The highest BCUT2D eigenvalue weighted by molar-refractivity contribution is 9.10. The van der Waals surface area contributed by atoms with Crippen LogP contribution in [0.5, 0.6) is 17.2 Å². The van der Waals surface area contributed by atoms with Crippen LogP contribution in [0.25, 0.3) is 0 Å². The van der Waals surface area contributed by atoms with Crippen LogP contribution in [-0.4, -0.2) is 25.8 Å². The van der Waals surface area contributed by atoms with E-state index in [2.05, 4.69) is 26.5 Å². The summed E-state index contributed by atoms with van der Waals surface area (Å²) >= 11 is 3.42. The number of hydrogen-bond acceptors (Lipinski definition) is 5. The van der Waals surface area contributed by atoms with E-state index in [1.165, 1.54) is 0 Å². The van der Waals surface area contributed by atoms with E-state index >= 15 is 0 Å². The van der Waals surface area contributed by atoms with E-state index in [1.807, 2.05) is 55.5 Å². The second-order valence-electron chi connectivity index (χ2n) is 6.49. The van der Waals surface area contributed by atoms with Gasteiger partial charge in [-0.25, -0.2) is 5.43 Å². The monoisotopic (exact) mass is 482 g/mol. The molecule has 3 aromatic rings. The SMILES string of the molecule is CCOc1cc(C(=O)N/N=C/c2cccc(OCc3ccc(Br)cc3)c2)ccc1OC. The first-order valence-corrected chi connectivity index (χ1v) is 10.5. The van der Waals surface area contributed by atoms with Crippen molar-refractivity contribution in [1.29, 1.82) is 0 Å². The van der Waals surface area contributed by atoms with Crippen LogP contribution in [0.1, 0.15) is 28.4 Å². The van der Waals surface area contributed by atoms with Crippen LogP contribution in [0, 0.1) is 0 Å². The molecule has 0 saturated carbocycles. The molecule has 0 aliphatic heterocycles. The van der Waals surface area contributed by atoms with Crippen LogP contribution in [0.3, 0.4) is 0 Å². The minimum atomic E-state index is -0.345. The molecule has 0 spiro atoms. The van der Waals surface area contributed by atoms with Gasteiger partial charge in [0.25, 0.3) is 5.91 Å². The molecule has 7 heteroatoms. The van der Waals surface area contributed by atoms with Gasteiger partial charge < -0.3 is 14.2 Å². The van der Waals surface area contributed by atoms with Crippen molar-refractivity contribution in [3.8, 4) is 17.2 Å². The fraction of sp³-hybridized carbons (Fsp3) is 0.167. The van der Waals surface area contributed by atoms with Gasteiger partial charge in [0.05, 0.1) is 19.9 Å². The van der Waals surface area contributed by atoms with Crippen molar-refractivity contribution in [1.82, 2.24) is 5.43 Å². The Kier molecular flexibility index (Phi) is 8.06. The lowest BCUT2D eigenvalue weighted by atomic mass is 10.2. The molecule has 160 valence electrons. The molecule has 1 amide bonds. The molecule has 31 heavy (non-hydrogen) atoms. The molecule has 0 fully saturated rings. The van der Waals surface area contributed by atoms with E-state index in [9.17, 15) is 4.79 Å². The quantitative estimate of drug-likeness (QED) is 0.336. The van der Waals surface area contributed by atoms with Gasteiger partial charge in [-0.05, 0) is 60.5 Å². The van der Waals surface area contributed by atoms with Gasteiger partial charge in [-0.15, -0.1) is 0 Å². The van der Waals surface area contributed by atoms with Crippen LogP contribution in [-0.2, 0) is 6.61 Å². The summed E-state index contributed by atoms with van der Waals surface area (Å²) in [6.45, 7) is 2.80. The average Bonchev–Trinajstić information content (AvgIpc) is 2.79. The van der Waals surface area contributed by atoms with Gasteiger partial charge in [-0.2, -0.15) is 5.10 Å². The molecular formula is C24H23BrN2O4. The lowest BCUT2D eigenvalue weighted by molar-refractivity contribution is 0.0954. The summed E-state index contributed by atoms with van der Waals surface area (Å²) in [6, 6.07) is 20.4. The first-order valence-electron chi connectivity index (χ1n) is 9.70. The highest BCUT2D eigenvalue weighted by Crippen LogP contribution is 2.28. The fourth-order valence-electron chi connectivity index (χ4n) is 2.75. The Morgan fingerprint density at radius 3 is 2.58 bits per heavy atom. The molecule has 1 N–H and O–H groups in total. The molecule has 0 heterocycles. The minimum Gasteiger partial charge on any atom is -0.493 e. The summed E-state index contributed by atoms with van der Waals surface area (Å²) in [5.74, 6) is 1.45. The standard InChI is InChI=1S/C24H23BrN2O4/c1-3-30-23-14-19(9-12-22(23)29-2)24(28)27-26-15-18-5-4-6-21(13-18)31-16-17-7-10-20(25)11-8-17/h4-15H,3,16H2,1-2H3,(H,27,28)/b26-15+. The Labute approximate surface area is 190 Å². The third-order valence-corrected chi connectivity index (χ3v) is 4.81. The maximum Gasteiger partial charge on any atom is 0.271 e. The number of nitrogens with one attached hydrogen (secondary N) is 1. The van der Waals surface area contributed by atoms with Crippen LogP contribution in [0.15, 0.2) is 76.3 Å². The second kappa shape index (κ2) is 11.2. The molecule has 0 aromatic heterocycles. The molecule has 0 aliphatic carbocycles. The summed E-state index contributed by atoms with van der Waals surface area (Å²) < 4.78 is 17.6. The Morgan fingerprint density at radius 1 is 1.03 bits per heavy atom. The van der Waals surface area contributed by atoms with Gasteiger partial charge in [-0.1, -0.05) is 40.2 Å². The van der Waals surface area contributed by atoms with Crippen molar-refractivity contribution < 1.29 is 19.0 Å². The zero-order valence-corrected chi connectivity index (χ0v) is 18.9. The van der Waals surface area contributed by atoms with Gasteiger partial charge in [0.1, 0.15) is 12.4 Å². The molecule has 0 unspecified atom stereocenters. The van der Waals surface area contributed by atoms with Crippen LogP contribution in [0.4, 0.5) is 0 Å². The highest BCUT2D eigenvalue weighted by atomic mass is 79.9. The van der Waals surface area contributed by atoms with Crippen molar-refractivity contribution in [2.75, 3.05) is 13.7 Å². The van der Waals surface area contributed by atoms with E-state index < -0.39 is 0 Å². The van der Waals surface area contributed by atoms with Crippen LogP contribution in [0.2, 0.25) is 0 Å². The summed E-state index contributed by atoms with van der Waals surface area (Å²) in [5.41, 5.74) is 4.82. The number of nitrogens with zero attached hydrogens (tertiary/aromatic N) is 1. The minimum absolute atomic E-state index is 0.345. The van der Waals surface area contributed by atoms with Crippen molar-refractivity contribution >= 4 is 28.1 Å². The molecule has 0 radical (unpaired) electrons. The van der Waals surface area contributed by atoms with Gasteiger partial charge in [0.2, 0.25) is 0 Å². The Morgan fingerprint density at radius 2 is 1.84 bits per heavy atom. The predicted octanol–water partition coefficient (Wildman–Crippen LogP) is 5.20. The Bertz CT molecular complexity index is 1050. The number of benzene rings is 3. The van der Waals surface area contributed by atoms with Crippen LogP contribution >= 0.6 is 15.9 Å². The van der Waals surface area contributed by atoms with Crippen LogP contribution < -0.4 is 19.6 Å². The van der Waals surface area contributed by atoms with Crippen molar-refractivity contribution in [3.05, 3.63) is 87.9 Å². The maximum absolute atomic E-state index is 12.4. The van der Waals surface area contributed by atoms with Gasteiger partial charge >= 0.3 is 0 Å². The van der Waals surface area contributed by atoms with E-state index in [1.54, 1.807) is 31.5 Å². The molecule has 3 rings (SSSR count). The predicted molar refractivity (Wildman–Crippen MR) is 124 cm³/mol. The third-order valence-electron chi connectivity index (χ3n) is 4.28. The number of rotatable bonds is 9. The highest BCUT2D eigenvalue weighted by Gasteiger charge is 2.10. The molecular weight excluding hydrogens is 460 g/mol. The van der Waals surface area contributed by atoms with Crippen molar-refractivity contribution in [2.24, 2.45) is 5.10 Å². The summed E-state index contributed by atoms with van der Waals surface area (Å²) in [7, 11) is 1.55. The van der Waals surface area contributed by atoms with Gasteiger partial charge in [0, 0.05) is 10.0 Å². The topological polar surface area (TPSA) is 69.2 Å². The number of carbonyl (C=O) groups is 1. The molecule has 6 nitrogen and oxygen atoms in total. The molecule has 0 saturated heterocycles. The first kappa shape index (κ1) is 22.4. The summed E-state index contributed by atoms with van der Waals surface area (Å²) in [5, 5.41) is 4.05. The van der Waals surface area contributed by atoms with E-state index in [0.29, 0.717) is 30.3 Å². The van der Waals surface area contributed by atoms with Gasteiger partial charge in [0.15, 0.2) is 11.5 Å². The number of hydrazone groups is 1. The van der Waals surface area contributed by atoms with E-state index in [0.717, 1.165) is 21.3 Å². The molecule has 3 aromatic carbocycles. The Hall–Kier alpha value is -3.32. The number of carbonyl (C=O) groups excluding carboxylic acids is 1. The number of ether oxygens (including phenoxy) is 3. The van der Waals surface area contributed by atoms with Crippen molar-refractivity contribution in [3.63, 3.8) is 0 Å². The number of amides is 1.